The van der Waals surface area contributed by atoms with Crippen LogP contribution in [0, 0.1) is 3.57 Å². The number of piperidine rings is 1. The van der Waals surface area contributed by atoms with Gasteiger partial charge in [-0.05, 0) is 60.6 Å². The number of benzene rings is 1. The van der Waals surface area contributed by atoms with Crippen molar-refractivity contribution < 1.29 is 9.53 Å². The number of amides is 1. The van der Waals surface area contributed by atoms with E-state index in [-0.39, 0.29) is 11.5 Å². The molecule has 0 spiro atoms. The molecule has 1 fully saturated rings. The first-order chi connectivity index (χ1) is 8.95. The van der Waals surface area contributed by atoms with Gasteiger partial charge in [0.2, 0.25) is 0 Å². The summed E-state index contributed by atoms with van der Waals surface area (Å²) in [7, 11) is 1.72. The van der Waals surface area contributed by atoms with Crippen LogP contribution in [0.2, 0.25) is 0 Å². The predicted molar refractivity (Wildman–Crippen MR) is 87.4 cm³/mol. The van der Waals surface area contributed by atoms with Crippen molar-refractivity contribution in [3.05, 3.63) is 31.8 Å². The van der Waals surface area contributed by atoms with Crippen molar-refractivity contribution in [2.24, 2.45) is 0 Å². The van der Waals surface area contributed by atoms with Gasteiger partial charge in [-0.3, -0.25) is 4.79 Å². The highest BCUT2D eigenvalue weighted by atomic mass is 127. The SMILES string of the molecule is COC1(C)CCCN(C(=O)c2cc(Br)ccc2I)C1. The van der Waals surface area contributed by atoms with Gasteiger partial charge in [0.1, 0.15) is 0 Å². The summed E-state index contributed by atoms with van der Waals surface area (Å²) in [5.41, 5.74) is 0.543. The Labute approximate surface area is 136 Å². The number of carbonyl (C=O) groups is 1. The maximum Gasteiger partial charge on any atom is 0.255 e. The third-order valence-corrected chi connectivity index (χ3v) is 5.03. The van der Waals surface area contributed by atoms with E-state index in [1.165, 1.54) is 0 Å². The highest BCUT2D eigenvalue weighted by Crippen LogP contribution is 2.27. The van der Waals surface area contributed by atoms with Crippen molar-refractivity contribution in [1.29, 1.82) is 0 Å². The summed E-state index contributed by atoms with van der Waals surface area (Å²) in [6, 6.07) is 5.80. The summed E-state index contributed by atoms with van der Waals surface area (Å²) >= 11 is 5.63. The monoisotopic (exact) mass is 437 g/mol. The molecule has 1 atom stereocenters. The standard InChI is InChI=1S/C14H17BrINO2/c1-14(19-2)6-3-7-17(9-14)13(18)11-8-10(15)4-5-12(11)16/h4-5,8H,3,6-7,9H2,1-2H3. The van der Waals surface area contributed by atoms with E-state index < -0.39 is 0 Å². The van der Waals surface area contributed by atoms with Gasteiger partial charge in [0.15, 0.2) is 0 Å². The van der Waals surface area contributed by atoms with Crippen molar-refractivity contribution in [2.75, 3.05) is 20.2 Å². The average molecular weight is 438 g/mol. The fourth-order valence-electron chi connectivity index (χ4n) is 2.38. The third kappa shape index (κ3) is 3.49. The molecule has 5 heteroatoms. The van der Waals surface area contributed by atoms with Crippen LogP contribution in [-0.2, 0) is 4.74 Å². The Morgan fingerprint density at radius 3 is 2.95 bits per heavy atom. The van der Waals surface area contributed by atoms with E-state index in [4.69, 9.17) is 4.74 Å². The van der Waals surface area contributed by atoms with E-state index in [2.05, 4.69) is 45.4 Å². The van der Waals surface area contributed by atoms with Crippen LogP contribution in [0.25, 0.3) is 0 Å². The molecule has 0 bridgehead atoms. The Hall–Kier alpha value is -0.140. The quantitative estimate of drug-likeness (QED) is 0.660. The molecule has 3 nitrogen and oxygen atoms in total. The van der Waals surface area contributed by atoms with Crippen LogP contribution >= 0.6 is 38.5 Å². The minimum absolute atomic E-state index is 0.0914. The van der Waals surface area contributed by atoms with Crippen LogP contribution in [0.4, 0.5) is 0 Å². The van der Waals surface area contributed by atoms with Crippen LogP contribution in [0.1, 0.15) is 30.1 Å². The molecule has 1 heterocycles. The summed E-state index contributed by atoms with van der Waals surface area (Å²) in [6.07, 6.45) is 1.99. The lowest BCUT2D eigenvalue weighted by atomic mass is 9.94. The van der Waals surface area contributed by atoms with Gasteiger partial charge in [0.05, 0.1) is 11.2 Å². The van der Waals surface area contributed by atoms with Crippen LogP contribution < -0.4 is 0 Å². The Morgan fingerprint density at radius 2 is 2.26 bits per heavy atom. The zero-order valence-electron chi connectivity index (χ0n) is 11.1. The highest BCUT2D eigenvalue weighted by molar-refractivity contribution is 14.1. The van der Waals surface area contributed by atoms with Crippen molar-refractivity contribution in [2.45, 2.75) is 25.4 Å². The average Bonchev–Trinajstić information content (AvgIpc) is 2.41. The summed E-state index contributed by atoms with van der Waals surface area (Å²) in [6.45, 7) is 3.53. The number of rotatable bonds is 2. The molecule has 1 aromatic carbocycles. The number of ether oxygens (including phenoxy) is 1. The molecule has 2 rings (SSSR count). The van der Waals surface area contributed by atoms with Crippen LogP contribution in [0.3, 0.4) is 0 Å². The summed E-state index contributed by atoms with van der Waals surface area (Å²) in [5.74, 6) is 0.0914. The molecule has 1 unspecified atom stereocenters. The third-order valence-electron chi connectivity index (χ3n) is 3.60. The van der Waals surface area contributed by atoms with Crippen molar-refractivity contribution in [1.82, 2.24) is 4.90 Å². The Balaban J connectivity index is 2.22. The van der Waals surface area contributed by atoms with E-state index in [9.17, 15) is 4.79 Å². The molecule has 0 radical (unpaired) electrons. The van der Waals surface area contributed by atoms with Gasteiger partial charge in [-0.25, -0.2) is 0 Å². The minimum Gasteiger partial charge on any atom is -0.377 e. The molecule has 1 aromatic rings. The second-order valence-corrected chi connectivity index (χ2v) is 7.19. The smallest absolute Gasteiger partial charge is 0.255 e. The second kappa shape index (κ2) is 6.10. The lowest BCUT2D eigenvalue weighted by molar-refractivity contribution is -0.0440. The number of likely N-dealkylation sites (tertiary alicyclic amines) is 1. The molecule has 0 aliphatic carbocycles. The van der Waals surface area contributed by atoms with Gasteiger partial charge < -0.3 is 9.64 Å². The largest absolute Gasteiger partial charge is 0.377 e. The molecule has 0 N–H and O–H groups in total. The molecule has 1 amide bonds. The van der Waals surface area contributed by atoms with Crippen LogP contribution in [-0.4, -0.2) is 36.6 Å². The summed E-state index contributed by atoms with van der Waals surface area (Å²) < 4.78 is 7.46. The van der Waals surface area contributed by atoms with Gasteiger partial charge in [-0.1, -0.05) is 15.9 Å². The second-order valence-electron chi connectivity index (χ2n) is 5.11. The van der Waals surface area contributed by atoms with Gasteiger partial charge in [0.25, 0.3) is 5.91 Å². The maximum atomic E-state index is 12.6. The Morgan fingerprint density at radius 1 is 1.53 bits per heavy atom. The molecular weight excluding hydrogens is 421 g/mol. The number of hydrogen-bond acceptors (Lipinski definition) is 2. The summed E-state index contributed by atoms with van der Waals surface area (Å²) in [4.78, 5) is 14.5. The fourth-order valence-corrected chi connectivity index (χ4v) is 3.30. The molecule has 0 saturated carbocycles. The number of carbonyl (C=O) groups excluding carboxylic acids is 1. The Bertz CT molecular complexity index is 494. The first-order valence-corrected chi connectivity index (χ1v) is 8.12. The van der Waals surface area contributed by atoms with Gasteiger partial charge in [0, 0.05) is 28.2 Å². The fraction of sp³-hybridized carbons (Fsp3) is 0.500. The van der Waals surface area contributed by atoms with Crippen LogP contribution in [0.5, 0.6) is 0 Å². The topological polar surface area (TPSA) is 29.5 Å². The van der Waals surface area contributed by atoms with Crippen molar-refractivity contribution in [3.63, 3.8) is 0 Å². The number of hydrogen-bond donors (Lipinski definition) is 0. The van der Waals surface area contributed by atoms with E-state index in [1.54, 1.807) is 7.11 Å². The van der Waals surface area contributed by atoms with Crippen LogP contribution in [0.15, 0.2) is 22.7 Å². The van der Waals surface area contributed by atoms with Gasteiger partial charge in [-0.15, -0.1) is 0 Å². The van der Waals surface area contributed by atoms with E-state index in [1.807, 2.05) is 23.1 Å². The molecular formula is C14H17BrINO2. The van der Waals surface area contributed by atoms with E-state index in [0.29, 0.717) is 6.54 Å². The first kappa shape index (κ1) is 15.3. The molecule has 19 heavy (non-hydrogen) atoms. The molecule has 1 saturated heterocycles. The molecule has 104 valence electrons. The lowest BCUT2D eigenvalue weighted by Crippen LogP contribution is -2.49. The maximum absolute atomic E-state index is 12.6. The first-order valence-electron chi connectivity index (χ1n) is 6.25. The number of nitrogens with zero attached hydrogens (tertiary/aromatic N) is 1. The van der Waals surface area contributed by atoms with Gasteiger partial charge in [-0.2, -0.15) is 0 Å². The molecule has 1 aliphatic heterocycles. The van der Waals surface area contributed by atoms with E-state index in [0.717, 1.165) is 33.0 Å². The Kier molecular flexibility index (Phi) is 4.89. The number of halogens is 2. The minimum atomic E-state index is -0.217. The molecule has 0 aromatic heterocycles. The van der Waals surface area contributed by atoms with Crippen molar-refractivity contribution >= 4 is 44.4 Å². The zero-order chi connectivity index (χ0) is 14.0. The lowest BCUT2D eigenvalue weighted by Gasteiger charge is -2.39. The van der Waals surface area contributed by atoms with E-state index >= 15 is 0 Å². The highest BCUT2D eigenvalue weighted by Gasteiger charge is 2.33. The predicted octanol–water partition coefficient (Wildman–Crippen LogP) is 3.69. The van der Waals surface area contributed by atoms with Crippen molar-refractivity contribution in [3.8, 4) is 0 Å². The zero-order valence-corrected chi connectivity index (χ0v) is 14.8. The van der Waals surface area contributed by atoms with Gasteiger partial charge >= 0.3 is 0 Å². The summed E-state index contributed by atoms with van der Waals surface area (Å²) in [5, 5.41) is 0. The number of methoxy groups -OCH3 is 1. The normalized spacial score (nSPS) is 23.5. The molecule has 1 aliphatic rings.